The van der Waals surface area contributed by atoms with Crippen molar-refractivity contribution in [3.8, 4) is 0 Å². The molecule has 2 unspecified atom stereocenters. The van der Waals surface area contributed by atoms with Gasteiger partial charge in [0.2, 0.25) is 5.91 Å². The quantitative estimate of drug-likeness (QED) is 0.901. The van der Waals surface area contributed by atoms with E-state index < -0.39 is 0 Å². The van der Waals surface area contributed by atoms with E-state index in [2.05, 4.69) is 43.2 Å². The monoisotopic (exact) mass is 294 g/mol. The average molecular weight is 294 g/mol. The van der Waals surface area contributed by atoms with Crippen LogP contribution >= 0.6 is 0 Å². The van der Waals surface area contributed by atoms with Gasteiger partial charge in [-0.3, -0.25) is 4.79 Å². The molecule has 0 aliphatic carbocycles. The van der Waals surface area contributed by atoms with Gasteiger partial charge in [0.15, 0.2) is 5.82 Å². The van der Waals surface area contributed by atoms with Crippen LogP contribution in [0.3, 0.4) is 0 Å². The van der Waals surface area contributed by atoms with E-state index in [0.717, 1.165) is 25.3 Å². The average Bonchev–Trinajstić information content (AvgIpc) is 2.93. The van der Waals surface area contributed by atoms with Crippen LogP contribution in [0.15, 0.2) is 6.33 Å². The van der Waals surface area contributed by atoms with E-state index in [0.29, 0.717) is 12.5 Å². The SMILES string of the molecule is CC(C)C1OCCCC1C(=O)NCc1nncn1C(C)C. The molecule has 1 aromatic rings. The number of nitrogens with one attached hydrogen (secondary N) is 1. The van der Waals surface area contributed by atoms with Crippen molar-refractivity contribution in [1.82, 2.24) is 20.1 Å². The van der Waals surface area contributed by atoms with Crippen LogP contribution in [-0.2, 0) is 16.1 Å². The number of carbonyl (C=O) groups is 1. The van der Waals surface area contributed by atoms with Crippen LogP contribution in [0, 0.1) is 11.8 Å². The highest BCUT2D eigenvalue weighted by Crippen LogP contribution is 2.26. The molecule has 0 saturated carbocycles. The molecule has 0 bridgehead atoms. The zero-order chi connectivity index (χ0) is 15.4. The fourth-order valence-corrected chi connectivity index (χ4v) is 2.86. The van der Waals surface area contributed by atoms with Crippen LogP contribution in [0.1, 0.15) is 52.4 Å². The molecule has 1 saturated heterocycles. The van der Waals surface area contributed by atoms with Gasteiger partial charge in [0, 0.05) is 12.6 Å². The number of hydrogen-bond acceptors (Lipinski definition) is 4. The highest BCUT2D eigenvalue weighted by molar-refractivity contribution is 5.79. The van der Waals surface area contributed by atoms with Crippen molar-refractivity contribution in [2.45, 2.75) is 59.2 Å². The highest BCUT2D eigenvalue weighted by atomic mass is 16.5. The van der Waals surface area contributed by atoms with Crippen LogP contribution in [0.5, 0.6) is 0 Å². The maximum Gasteiger partial charge on any atom is 0.226 e. The number of rotatable bonds is 5. The maximum absolute atomic E-state index is 12.4. The first-order chi connectivity index (χ1) is 10.0. The molecule has 118 valence electrons. The van der Waals surface area contributed by atoms with Crippen molar-refractivity contribution < 1.29 is 9.53 Å². The Balaban J connectivity index is 1.95. The summed E-state index contributed by atoms with van der Waals surface area (Å²) in [5.74, 6) is 1.14. The Bertz CT molecular complexity index is 470. The zero-order valence-corrected chi connectivity index (χ0v) is 13.4. The minimum Gasteiger partial charge on any atom is -0.377 e. The van der Waals surface area contributed by atoms with E-state index >= 15 is 0 Å². The van der Waals surface area contributed by atoms with Gasteiger partial charge in [0.1, 0.15) is 6.33 Å². The first-order valence-electron chi connectivity index (χ1n) is 7.78. The lowest BCUT2D eigenvalue weighted by atomic mass is 9.87. The normalized spacial score (nSPS) is 22.8. The lowest BCUT2D eigenvalue weighted by molar-refractivity contribution is -0.137. The van der Waals surface area contributed by atoms with E-state index in [4.69, 9.17) is 4.74 Å². The molecule has 21 heavy (non-hydrogen) atoms. The van der Waals surface area contributed by atoms with E-state index in [1.807, 2.05) is 4.57 Å². The van der Waals surface area contributed by atoms with Gasteiger partial charge in [-0.2, -0.15) is 0 Å². The molecule has 2 atom stereocenters. The molecule has 0 aromatic carbocycles. The van der Waals surface area contributed by atoms with Crippen LogP contribution in [0.4, 0.5) is 0 Å². The van der Waals surface area contributed by atoms with E-state index in [9.17, 15) is 4.79 Å². The second-order valence-corrected chi connectivity index (χ2v) is 6.29. The molecule has 2 rings (SSSR count). The zero-order valence-electron chi connectivity index (χ0n) is 13.4. The summed E-state index contributed by atoms with van der Waals surface area (Å²) >= 11 is 0. The van der Waals surface area contributed by atoms with Crippen LogP contribution < -0.4 is 5.32 Å². The summed E-state index contributed by atoms with van der Waals surface area (Å²) in [7, 11) is 0. The standard InChI is InChI=1S/C15H26N4O2/c1-10(2)14-12(6-5-7-21-14)15(20)16-8-13-18-17-9-19(13)11(3)4/h9-12,14H,5-8H2,1-4H3,(H,16,20). The van der Waals surface area contributed by atoms with Gasteiger partial charge in [0.05, 0.1) is 18.6 Å². The molecule has 6 nitrogen and oxygen atoms in total. The Morgan fingerprint density at radius 1 is 1.48 bits per heavy atom. The number of nitrogens with zero attached hydrogens (tertiary/aromatic N) is 3. The minimum absolute atomic E-state index is 0.0155. The lowest BCUT2D eigenvalue weighted by Gasteiger charge is -2.33. The molecule has 2 heterocycles. The molecule has 1 aromatic heterocycles. The van der Waals surface area contributed by atoms with Crippen molar-refractivity contribution in [3.63, 3.8) is 0 Å². The Labute approximate surface area is 126 Å². The van der Waals surface area contributed by atoms with Gasteiger partial charge in [0.25, 0.3) is 0 Å². The molecular weight excluding hydrogens is 268 g/mol. The Kier molecular flexibility index (Phi) is 5.33. The fourth-order valence-electron chi connectivity index (χ4n) is 2.86. The van der Waals surface area contributed by atoms with E-state index in [1.165, 1.54) is 0 Å². The molecule has 1 amide bonds. The second-order valence-electron chi connectivity index (χ2n) is 6.29. The minimum atomic E-state index is -0.0610. The van der Waals surface area contributed by atoms with E-state index in [1.54, 1.807) is 6.33 Å². The van der Waals surface area contributed by atoms with Gasteiger partial charge >= 0.3 is 0 Å². The summed E-state index contributed by atoms with van der Waals surface area (Å²) in [6.45, 7) is 9.51. The molecule has 0 spiro atoms. The van der Waals surface area contributed by atoms with Gasteiger partial charge in [-0.1, -0.05) is 13.8 Å². The summed E-state index contributed by atoms with van der Waals surface area (Å²) in [6, 6.07) is 0.285. The summed E-state index contributed by atoms with van der Waals surface area (Å²) in [6.07, 6.45) is 3.56. The van der Waals surface area contributed by atoms with Crippen LogP contribution in [0.25, 0.3) is 0 Å². The maximum atomic E-state index is 12.4. The summed E-state index contributed by atoms with van der Waals surface area (Å²) in [5.41, 5.74) is 0. The van der Waals surface area contributed by atoms with Gasteiger partial charge in [-0.15, -0.1) is 10.2 Å². The molecular formula is C15H26N4O2. The number of carbonyl (C=O) groups excluding carboxylic acids is 1. The highest BCUT2D eigenvalue weighted by Gasteiger charge is 2.33. The van der Waals surface area contributed by atoms with Gasteiger partial charge < -0.3 is 14.6 Å². The summed E-state index contributed by atoms with van der Waals surface area (Å²) in [5, 5.41) is 11.0. The van der Waals surface area contributed by atoms with Gasteiger partial charge in [-0.05, 0) is 32.6 Å². The van der Waals surface area contributed by atoms with E-state index in [-0.39, 0.29) is 24.0 Å². The van der Waals surface area contributed by atoms with Crippen molar-refractivity contribution >= 4 is 5.91 Å². The molecule has 1 fully saturated rings. The number of amides is 1. The molecule has 1 aliphatic heterocycles. The number of hydrogen-bond donors (Lipinski definition) is 1. The number of ether oxygens (including phenoxy) is 1. The first kappa shape index (κ1) is 15.9. The van der Waals surface area contributed by atoms with Crippen molar-refractivity contribution in [2.75, 3.05) is 6.61 Å². The predicted molar refractivity (Wildman–Crippen MR) is 79.6 cm³/mol. The van der Waals surface area contributed by atoms with Crippen LogP contribution in [-0.4, -0.2) is 33.4 Å². The first-order valence-corrected chi connectivity index (χ1v) is 7.78. The third-order valence-electron chi connectivity index (χ3n) is 3.98. The summed E-state index contributed by atoms with van der Waals surface area (Å²) in [4.78, 5) is 12.4. The Hall–Kier alpha value is -1.43. The Morgan fingerprint density at radius 3 is 2.90 bits per heavy atom. The van der Waals surface area contributed by atoms with Crippen molar-refractivity contribution in [1.29, 1.82) is 0 Å². The van der Waals surface area contributed by atoms with Crippen molar-refractivity contribution in [3.05, 3.63) is 12.2 Å². The van der Waals surface area contributed by atoms with Crippen molar-refractivity contribution in [2.24, 2.45) is 11.8 Å². The third kappa shape index (κ3) is 3.81. The predicted octanol–water partition coefficient (Wildman–Crippen LogP) is 1.93. The fraction of sp³-hybridized carbons (Fsp3) is 0.800. The summed E-state index contributed by atoms with van der Waals surface area (Å²) < 4.78 is 7.75. The third-order valence-corrected chi connectivity index (χ3v) is 3.98. The lowest BCUT2D eigenvalue weighted by Crippen LogP contribution is -2.43. The van der Waals surface area contributed by atoms with Crippen LogP contribution in [0.2, 0.25) is 0 Å². The smallest absolute Gasteiger partial charge is 0.226 e. The topological polar surface area (TPSA) is 69.0 Å². The largest absolute Gasteiger partial charge is 0.377 e. The Morgan fingerprint density at radius 2 is 2.24 bits per heavy atom. The second kappa shape index (κ2) is 7.02. The van der Waals surface area contributed by atoms with Gasteiger partial charge in [-0.25, -0.2) is 0 Å². The molecule has 0 radical (unpaired) electrons. The molecule has 1 N–H and O–H groups in total. The number of aromatic nitrogens is 3. The molecule has 1 aliphatic rings. The molecule has 6 heteroatoms.